The Labute approximate surface area is 128 Å². The molecule has 0 radical (unpaired) electrons. The Bertz CT molecular complexity index is 503. The molecule has 1 aromatic rings. The van der Waals surface area contributed by atoms with E-state index in [1.807, 2.05) is 16.7 Å². The maximum atomic E-state index is 12.4. The van der Waals surface area contributed by atoms with Gasteiger partial charge in [-0.25, -0.2) is 4.98 Å². The molecule has 7 heteroatoms. The predicted octanol–water partition coefficient (Wildman–Crippen LogP) is 1.16. The van der Waals surface area contributed by atoms with Crippen molar-refractivity contribution in [3.63, 3.8) is 0 Å². The number of ether oxygens (including phenoxy) is 1. The van der Waals surface area contributed by atoms with Crippen LogP contribution in [0.15, 0.2) is 5.38 Å². The molecule has 6 nitrogen and oxygen atoms in total. The number of carbonyl (C=O) groups is 2. The van der Waals surface area contributed by atoms with Crippen LogP contribution in [0.3, 0.4) is 0 Å². The number of aryl methyl sites for hydroxylation is 1. The van der Waals surface area contributed by atoms with Gasteiger partial charge in [0.25, 0.3) is 5.91 Å². The lowest BCUT2D eigenvalue weighted by Crippen LogP contribution is -2.37. The minimum Gasteiger partial charge on any atom is -0.465 e. The van der Waals surface area contributed by atoms with Crippen molar-refractivity contribution >= 4 is 23.2 Å². The number of aromatic nitrogens is 1. The van der Waals surface area contributed by atoms with Crippen molar-refractivity contribution in [1.82, 2.24) is 14.8 Å². The van der Waals surface area contributed by atoms with Crippen LogP contribution in [-0.2, 0) is 9.53 Å². The minimum atomic E-state index is -0.201. The van der Waals surface area contributed by atoms with Crippen LogP contribution < -0.4 is 0 Å². The average molecular weight is 311 g/mol. The lowest BCUT2D eigenvalue weighted by molar-refractivity contribution is -0.144. The van der Waals surface area contributed by atoms with Crippen LogP contribution in [0.5, 0.6) is 0 Å². The van der Waals surface area contributed by atoms with Crippen molar-refractivity contribution in [2.24, 2.45) is 0 Å². The molecular formula is C14H21N3O3S. The van der Waals surface area contributed by atoms with Crippen LogP contribution in [0.4, 0.5) is 0 Å². The van der Waals surface area contributed by atoms with Crippen LogP contribution in [0.1, 0.15) is 28.8 Å². The number of carbonyl (C=O) groups excluding carboxylic acids is 2. The Morgan fingerprint density at radius 3 is 2.81 bits per heavy atom. The summed E-state index contributed by atoms with van der Waals surface area (Å²) in [5, 5.41) is 2.70. The fraction of sp³-hybridized carbons (Fsp3) is 0.643. The first kappa shape index (κ1) is 15.9. The fourth-order valence-corrected chi connectivity index (χ4v) is 2.93. The Hall–Kier alpha value is -1.47. The van der Waals surface area contributed by atoms with E-state index in [1.165, 1.54) is 11.3 Å². The molecule has 0 atom stereocenters. The van der Waals surface area contributed by atoms with Crippen LogP contribution in [0.2, 0.25) is 0 Å². The third-order valence-electron chi connectivity index (χ3n) is 3.37. The third-order valence-corrected chi connectivity index (χ3v) is 4.15. The summed E-state index contributed by atoms with van der Waals surface area (Å²) >= 11 is 1.49. The SMILES string of the molecule is CCOC(=O)CN1CCCN(C(=O)c2csc(C)n2)CC1. The molecule has 1 fully saturated rings. The van der Waals surface area contributed by atoms with Crippen molar-refractivity contribution in [2.75, 3.05) is 39.3 Å². The predicted molar refractivity (Wildman–Crippen MR) is 80.4 cm³/mol. The molecule has 0 aliphatic carbocycles. The van der Waals surface area contributed by atoms with Crippen LogP contribution >= 0.6 is 11.3 Å². The van der Waals surface area contributed by atoms with Gasteiger partial charge in [0.15, 0.2) is 0 Å². The Morgan fingerprint density at radius 1 is 1.33 bits per heavy atom. The van der Waals surface area contributed by atoms with Crippen molar-refractivity contribution < 1.29 is 14.3 Å². The molecule has 0 spiro atoms. The molecule has 0 saturated carbocycles. The van der Waals surface area contributed by atoms with Gasteiger partial charge in [-0.15, -0.1) is 11.3 Å². The molecule has 0 bridgehead atoms. The molecule has 1 saturated heterocycles. The van der Waals surface area contributed by atoms with Gasteiger partial charge < -0.3 is 9.64 Å². The van der Waals surface area contributed by atoms with E-state index in [4.69, 9.17) is 4.74 Å². The maximum Gasteiger partial charge on any atom is 0.320 e. The average Bonchev–Trinajstić information content (AvgIpc) is 2.75. The zero-order chi connectivity index (χ0) is 15.2. The van der Waals surface area contributed by atoms with Gasteiger partial charge >= 0.3 is 5.97 Å². The summed E-state index contributed by atoms with van der Waals surface area (Å²) in [6.45, 7) is 7.21. The van der Waals surface area contributed by atoms with E-state index in [0.717, 1.165) is 18.0 Å². The van der Waals surface area contributed by atoms with Crippen LogP contribution in [0, 0.1) is 6.92 Å². The summed E-state index contributed by atoms with van der Waals surface area (Å²) in [5.41, 5.74) is 0.524. The number of amides is 1. The summed E-state index contributed by atoms with van der Waals surface area (Å²) in [4.78, 5) is 32.0. The Morgan fingerprint density at radius 2 is 2.14 bits per heavy atom. The van der Waals surface area contributed by atoms with Gasteiger partial charge in [-0.1, -0.05) is 0 Å². The Balaban J connectivity index is 1.88. The number of thiazole rings is 1. The van der Waals surface area contributed by atoms with Gasteiger partial charge in [0.2, 0.25) is 0 Å². The highest BCUT2D eigenvalue weighted by atomic mass is 32.1. The standard InChI is InChI=1S/C14H21N3O3S/c1-3-20-13(18)9-16-5-4-6-17(8-7-16)14(19)12-10-21-11(2)15-12/h10H,3-9H2,1-2H3. The zero-order valence-corrected chi connectivity index (χ0v) is 13.3. The van der Waals surface area contributed by atoms with E-state index in [9.17, 15) is 9.59 Å². The first-order valence-electron chi connectivity index (χ1n) is 7.19. The minimum absolute atomic E-state index is 0.0164. The lowest BCUT2D eigenvalue weighted by atomic mass is 10.3. The molecule has 1 amide bonds. The highest BCUT2D eigenvalue weighted by Crippen LogP contribution is 2.12. The number of nitrogens with zero attached hydrogens (tertiary/aromatic N) is 3. The second kappa shape index (κ2) is 7.51. The van der Waals surface area contributed by atoms with Crippen molar-refractivity contribution in [3.8, 4) is 0 Å². The largest absolute Gasteiger partial charge is 0.465 e. The number of hydrogen-bond donors (Lipinski definition) is 0. The summed E-state index contributed by atoms with van der Waals surface area (Å²) in [6.07, 6.45) is 0.855. The highest BCUT2D eigenvalue weighted by molar-refractivity contribution is 7.09. The van der Waals surface area contributed by atoms with Crippen molar-refractivity contribution in [1.29, 1.82) is 0 Å². The summed E-state index contributed by atoms with van der Waals surface area (Å²) in [5.74, 6) is -0.218. The first-order chi connectivity index (χ1) is 10.1. The normalized spacial score (nSPS) is 16.6. The molecule has 0 N–H and O–H groups in total. The highest BCUT2D eigenvalue weighted by Gasteiger charge is 2.22. The molecule has 0 aromatic carbocycles. The second-order valence-electron chi connectivity index (χ2n) is 4.98. The van der Waals surface area contributed by atoms with Gasteiger partial charge in [0.05, 0.1) is 18.2 Å². The first-order valence-corrected chi connectivity index (χ1v) is 8.07. The van der Waals surface area contributed by atoms with E-state index in [2.05, 4.69) is 4.98 Å². The fourth-order valence-electron chi connectivity index (χ4n) is 2.34. The van der Waals surface area contributed by atoms with E-state index < -0.39 is 0 Å². The molecule has 1 aliphatic heterocycles. The second-order valence-corrected chi connectivity index (χ2v) is 6.04. The number of rotatable bonds is 4. The van der Waals surface area contributed by atoms with Crippen molar-refractivity contribution in [2.45, 2.75) is 20.3 Å². The number of esters is 1. The molecule has 1 aliphatic rings. The van der Waals surface area contributed by atoms with E-state index in [-0.39, 0.29) is 11.9 Å². The number of hydrogen-bond acceptors (Lipinski definition) is 6. The summed E-state index contributed by atoms with van der Waals surface area (Å²) < 4.78 is 4.96. The van der Waals surface area contributed by atoms with Crippen LogP contribution in [0.25, 0.3) is 0 Å². The topological polar surface area (TPSA) is 62.7 Å². The van der Waals surface area contributed by atoms with E-state index in [0.29, 0.717) is 38.5 Å². The molecule has 2 rings (SSSR count). The van der Waals surface area contributed by atoms with Gasteiger partial charge in [-0.2, -0.15) is 0 Å². The molecule has 21 heavy (non-hydrogen) atoms. The third kappa shape index (κ3) is 4.50. The van der Waals surface area contributed by atoms with Crippen LogP contribution in [-0.4, -0.2) is 66.0 Å². The van der Waals surface area contributed by atoms with Gasteiger partial charge in [-0.05, 0) is 20.3 Å². The molecule has 116 valence electrons. The van der Waals surface area contributed by atoms with Gasteiger partial charge in [0, 0.05) is 31.6 Å². The lowest BCUT2D eigenvalue weighted by Gasteiger charge is -2.20. The van der Waals surface area contributed by atoms with Gasteiger partial charge in [-0.3, -0.25) is 14.5 Å². The maximum absolute atomic E-state index is 12.4. The molecule has 2 heterocycles. The zero-order valence-electron chi connectivity index (χ0n) is 12.5. The monoisotopic (exact) mass is 311 g/mol. The quantitative estimate of drug-likeness (QED) is 0.781. The van der Waals surface area contributed by atoms with E-state index >= 15 is 0 Å². The van der Waals surface area contributed by atoms with Crippen molar-refractivity contribution in [3.05, 3.63) is 16.1 Å². The molecule has 0 unspecified atom stereocenters. The molecule has 1 aromatic heterocycles. The Kier molecular flexibility index (Phi) is 5.69. The smallest absolute Gasteiger partial charge is 0.320 e. The van der Waals surface area contributed by atoms with E-state index in [1.54, 1.807) is 12.3 Å². The molecular weight excluding hydrogens is 290 g/mol. The summed E-state index contributed by atoms with van der Waals surface area (Å²) in [7, 11) is 0. The van der Waals surface area contributed by atoms with Gasteiger partial charge in [0.1, 0.15) is 5.69 Å². The summed E-state index contributed by atoms with van der Waals surface area (Å²) in [6, 6.07) is 0.